The maximum Gasteiger partial charge on any atom is 0.418 e. The van der Waals surface area contributed by atoms with E-state index in [-0.39, 0.29) is 40.6 Å². The van der Waals surface area contributed by atoms with Crippen LogP contribution in [0.4, 0.5) is 24.8 Å². The van der Waals surface area contributed by atoms with E-state index in [9.17, 15) is 21.6 Å². The Bertz CT molecular complexity index is 1270. The molecule has 1 atom stereocenters. The van der Waals surface area contributed by atoms with Gasteiger partial charge in [0.05, 0.1) is 11.3 Å². The molecule has 0 spiro atoms. The molecule has 1 aliphatic heterocycles. The van der Waals surface area contributed by atoms with Crippen LogP contribution in [-0.2, 0) is 16.2 Å². The summed E-state index contributed by atoms with van der Waals surface area (Å²) in [4.78, 5) is 8.18. The minimum atomic E-state index is -4.65. The molecule has 4 rings (SSSR count). The van der Waals surface area contributed by atoms with E-state index in [0.717, 1.165) is 31.6 Å². The van der Waals surface area contributed by atoms with Gasteiger partial charge in [0.2, 0.25) is 0 Å². The third kappa shape index (κ3) is 5.78. The molecule has 2 aromatic heterocycles. The zero-order valence-corrected chi connectivity index (χ0v) is 19.7. The van der Waals surface area contributed by atoms with Crippen LogP contribution < -0.4 is 15.4 Å². The second kappa shape index (κ2) is 10.2. The summed E-state index contributed by atoms with van der Waals surface area (Å²) in [5, 5.41) is 6.10. The number of nitrogens with zero attached hydrogens (tertiary/aromatic N) is 2. The first-order valence-electron chi connectivity index (χ1n) is 10.2. The number of pyridine rings is 2. The molecular weight excluding hydrogens is 491 g/mol. The zero-order valence-electron chi connectivity index (χ0n) is 18.1. The molecule has 7 nitrogen and oxygen atoms in total. The van der Waals surface area contributed by atoms with Crippen molar-refractivity contribution < 1.29 is 21.6 Å². The third-order valence-corrected chi connectivity index (χ3v) is 6.51. The Hall–Kier alpha value is -2.89. The lowest BCUT2D eigenvalue weighted by Gasteiger charge is -2.16. The largest absolute Gasteiger partial charge is 0.418 e. The summed E-state index contributed by atoms with van der Waals surface area (Å²) in [5.74, 6) is 0.161. The van der Waals surface area contributed by atoms with Gasteiger partial charge in [0.15, 0.2) is 5.03 Å². The fourth-order valence-electron chi connectivity index (χ4n) is 3.61. The third-order valence-electron chi connectivity index (χ3n) is 5.25. The summed E-state index contributed by atoms with van der Waals surface area (Å²) in [6, 6.07) is 12.9. The molecule has 1 saturated heterocycles. The Kier molecular flexibility index (Phi) is 7.69. The number of rotatable bonds is 6. The van der Waals surface area contributed by atoms with Gasteiger partial charge < -0.3 is 10.6 Å². The first-order chi connectivity index (χ1) is 15.6. The van der Waals surface area contributed by atoms with E-state index in [1.807, 2.05) is 0 Å². The maximum absolute atomic E-state index is 13.6. The van der Waals surface area contributed by atoms with Gasteiger partial charge >= 0.3 is 6.18 Å². The predicted octanol–water partition coefficient (Wildman–Crippen LogP) is 4.47. The van der Waals surface area contributed by atoms with Crippen LogP contribution in [0.5, 0.6) is 0 Å². The number of aromatic nitrogens is 2. The van der Waals surface area contributed by atoms with Gasteiger partial charge in [0.25, 0.3) is 10.0 Å². The number of nitrogens with one attached hydrogen (secondary N) is 3. The molecule has 3 N–H and O–H groups in total. The van der Waals surface area contributed by atoms with E-state index in [1.54, 1.807) is 37.3 Å². The molecule has 1 aliphatic rings. The molecule has 0 amide bonds. The van der Waals surface area contributed by atoms with Gasteiger partial charge in [0.1, 0.15) is 11.6 Å². The molecule has 1 aromatic carbocycles. The summed E-state index contributed by atoms with van der Waals surface area (Å²) in [7, 11) is -4.19. The fourth-order valence-corrected chi connectivity index (χ4v) is 4.58. The summed E-state index contributed by atoms with van der Waals surface area (Å²) in [6.45, 7) is 3.27. The molecule has 12 heteroatoms. The molecule has 0 bridgehead atoms. The van der Waals surface area contributed by atoms with E-state index in [2.05, 4.69) is 25.3 Å². The van der Waals surface area contributed by atoms with Gasteiger partial charge in [-0.15, -0.1) is 12.4 Å². The quantitative estimate of drug-likeness (QED) is 0.450. The lowest BCUT2D eigenvalue weighted by Crippen LogP contribution is -2.23. The van der Waals surface area contributed by atoms with Gasteiger partial charge in [0, 0.05) is 18.2 Å². The molecule has 34 heavy (non-hydrogen) atoms. The lowest BCUT2D eigenvalue weighted by atomic mass is 10.0. The summed E-state index contributed by atoms with van der Waals surface area (Å²) in [5.41, 5.74) is -0.454. The molecule has 0 saturated carbocycles. The van der Waals surface area contributed by atoms with Crippen molar-refractivity contribution in [3.63, 3.8) is 0 Å². The number of alkyl halides is 3. The number of halogens is 4. The number of aryl methyl sites for hydroxylation is 1. The minimum absolute atomic E-state index is 0. The van der Waals surface area contributed by atoms with Crippen molar-refractivity contribution >= 4 is 34.1 Å². The van der Waals surface area contributed by atoms with Crippen molar-refractivity contribution in [3.05, 3.63) is 65.7 Å². The Morgan fingerprint density at radius 3 is 2.44 bits per heavy atom. The number of hydrogen-bond donors (Lipinski definition) is 3. The van der Waals surface area contributed by atoms with Crippen molar-refractivity contribution in [2.45, 2.75) is 30.6 Å². The van der Waals surface area contributed by atoms with Crippen molar-refractivity contribution in [2.24, 2.45) is 0 Å². The van der Waals surface area contributed by atoms with Crippen LogP contribution in [0.15, 0.2) is 59.6 Å². The number of sulfonamides is 1. The summed E-state index contributed by atoms with van der Waals surface area (Å²) >= 11 is 0. The Balaban J connectivity index is 0.00000324. The second-order valence-electron chi connectivity index (χ2n) is 7.71. The summed E-state index contributed by atoms with van der Waals surface area (Å²) in [6.07, 6.45) is -3.77. The molecule has 182 valence electrons. The number of hydrogen-bond acceptors (Lipinski definition) is 6. The van der Waals surface area contributed by atoms with E-state index in [1.165, 1.54) is 12.1 Å². The van der Waals surface area contributed by atoms with Crippen LogP contribution in [0.25, 0.3) is 11.3 Å². The average molecular weight is 514 g/mol. The molecule has 3 heterocycles. The monoisotopic (exact) mass is 513 g/mol. The standard InChI is InChI=1S/C22H22F3N5O2S.ClH/c1-14-5-2-3-6-16(14)21-17(22(23,24)25)9-10-19(29-21)30-33(31,32)20-8-4-7-18(28-20)27-15-11-12-26-13-15;/h2-10,15,26H,11-13H2,1H3,(H,27,28)(H,29,30);1H/t15-;/m1./s1. The van der Waals surface area contributed by atoms with Gasteiger partial charge in [-0.3, -0.25) is 4.72 Å². The van der Waals surface area contributed by atoms with Gasteiger partial charge in [-0.05, 0) is 49.7 Å². The Labute approximate surface area is 201 Å². The van der Waals surface area contributed by atoms with Gasteiger partial charge in [-0.25, -0.2) is 9.97 Å². The van der Waals surface area contributed by atoms with Gasteiger partial charge in [-0.2, -0.15) is 21.6 Å². The first-order valence-corrected chi connectivity index (χ1v) is 11.7. The summed E-state index contributed by atoms with van der Waals surface area (Å²) < 4.78 is 68.9. The lowest BCUT2D eigenvalue weighted by molar-refractivity contribution is -0.137. The topological polar surface area (TPSA) is 96.0 Å². The number of anilines is 2. The van der Waals surface area contributed by atoms with Crippen LogP contribution in [0, 0.1) is 6.92 Å². The van der Waals surface area contributed by atoms with E-state index in [0.29, 0.717) is 11.4 Å². The average Bonchev–Trinajstić information content (AvgIpc) is 3.26. The molecule has 0 aliphatic carbocycles. The minimum Gasteiger partial charge on any atom is -0.366 e. The van der Waals surface area contributed by atoms with E-state index in [4.69, 9.17) is 0 Å². The maximum atomic E-state index is 13.6. The Morgan fingerprint density at radius 2 is 1.76 bits per heavy atom. The van der Waals surface area contributed by atoms with Crippen molar-refractivity contribution in [1.82, 2.24) is 15.3 Å². The fraction of sp³-hybridized carbons (Fsp3) is 0.273. The first kappa shape index (κ1) is 25.7. The van der Waals surface area contributed by atoms with Crippen LogP contribution >= 0.6 is 12.4 Å². The highest BCUT2D eigenvalue weighted by Crippen LogP contribution is 2.38. The van der Waals surface area contributed by atoms with E-state index >= 15 is 0 Å². The highest BCUT2D eigenvalue weighted by atomic mass is 35.5. The number of benzene rings is 1. The normalized spacial score (nSPS) is 16.1. The van der Waals surface area contributed by atoms with Gasteiger partial charge in [-0.1, -0.05) is 30.3 Å². The second-order valence-corrected chi connectivity index (χ2v) is 9.34. The molecular formula is C22H23ClF3N5O2S. The Morgan fingerprint density at radius 1 is 1.00 bits per heavy atom. The van der Waals surface area contributed by atoms with Crippen LogP contribution in [0.3, 0.4) is 0 Å². The molecule has 1 fully saturated rings. The van der Waals surface area contributed by atoms with Crippen LogP contribution in [0.1, 0.15) is 17.5 Å². The smallest absolute Gasteiger partial charge is 0.366 e. The van der Waals surface area contributed by atoms with E-state index < -0.39 is 21.8 Å². The van der Waals surface area contributed by atoms with Crippen molar-refractivity contribution in [2.75, 3.05) is 23.1 Å². The SMILES string of the molecule is Cc1ccccc1-c1nc(NS(=O)(=O)c2cccc(N[C@@H]3CCNC3)n2)ccc1C(F)(F)F.Cl. The highest BCUT2D eigenvalue weighted by molar-refractivity contribution is 7.92. The van der Waals surface area contributed by atoms with Crippen molar-refractivity contribution in [3.8, 4) is 11.3 Å². The van der Waals surface area contributed by atoms with Crippen molar-refractivity contribution in [1.29, 1.82) is 0 Å². The molecule has 0 radical (unpaired) electrons. The zero-order chi connectivity index (χ0) is 23.6. The molecule has 0 unspecified atom stereocenters. The van der Waals surface area contributed by atoms with Crippen LogP contribution in [-0.4, -0.2) is 37.5 Å². The highest BCUT2D eigenvalue weighted by Gasteiger charge is 2.35. The predicted molar refractivity (Wildman–Crippen MR) is 127 cm³/mol. The van der Waals surface area contributed by atoms with Crippen LogP contribution in [0.2, 0.25) is 0 Å². The molecule has 3 aromatic rings.